The lowest BCUT2D eigenvalue weighted by Gasteiger charge is -2.26. The molecule has 0 saturated heterocycles. The van der Waals surface area contributed by atoms with E-state index in [9.17, 15) is 0 Å². The van der Waals surface area contributed by atoms with E-state index in [1.807, 2.05) is 12.1 Å². The van der Waals surface area contributed by atoms with Gasteiger partial charge in [-0.3, -0.25) is 0 Å². The third kappa shape index (κ3) is 5.62. The molecule has 1 aliphatic rings. The van der Waals surface area contributed by atoms with Crippen LogP contribution in [0.2, 0.25) is 0 Å². The lowest BCUT2D eigenvalue weighted by Crippen LogP contribution is -2.09. The van der Waals surface area contributed by atoms with Crippen molar-refractivity contribution >= 4 is 27.8 Å². The number of para-hydroxylation sites is 2. The smallest absolute Gasteiger partial charge is 0.135 e. The van der Waals surface area contributed by atoms with Crippen LogP contribution in [0.15, 0.2) is 212 Å². The third-order valence-electron chi connectivity index (χ3n) is 10.5. The lowest BCUT2D eigenvalue weighted by molar-refractivity contribution is 0.487. The molecule has 0 aromatic heterocycles. The van der Waals surface area contributed by atoms with Gasteiger partial charge in [-0.15, -0.1) is 0 Å². The van der Waals surface area contributed by atoms with Crippen molar-refractivity contribution in [2.45, 2.75) is 0 Å². The summed E-state index contributed by atoms with van der Waals surface area (Å²) in [5.74, 6) is 1.80. The molecule has 0 amide bonds. The SMILES string of the molecule is c1ccc(-c2ccc(-c3ccc(N(c4ccccc4)c4cccc(-c5ccc6c7c(cccc57)-c5ccccc5O6)c4)cc3)cc2-c2ccccc2)cc1. The van der Waals surface area contributed by atoms with Gasteiger partial charge in [0.15, 0.2) is 0 Å². The van der Waals surface area contributed by atoms with E-state index in [4.69, 9.17) is 4.74 Å². The van der Waals surface area contributed by atoms with Gasteiger partial charge in [0.25, 0.3) is 0 Å². The summed E-state index contributed by atoms with van der Waals surface area (Å²) in [7, 11) is 0. The average molecular weight is 690 g/mol. The van der Waals surface area contributed by atoms with E-state index in [0.717, 1.165) is 45.1 Å². The highest BCUT2D eigenvalue weighted by Gasteiger charge is 2.22. The van der Waals surface area contributed by atoms with Crippen LogP contribution in [0.3, 0.4) is 0 Å². The van der Waals surface area contributed by atoms with Crippen molar-refractivity contribution in [1.29, 1.82) is 0 Å². The highest BCUT2D eigenvalue weighted by Crippen LogP contribution is 2.49. The molecule has 0 N–H and O–H groups in total. The number of hydrogen-bond donors (Lipinski definition) is 0. The minimum atomic E-state index is 0.899. The maximum Gasteiger partial charge on any atom is 0.135 e. The number of fused-ring (bicyclic) bond motifs is 2. The van der Waals surface area contributed by atoms with E-state index in [1.54, 1.807) is 0 Å². The van der Waals surface area contributed by atoms with E-state index < -0.39 is 0 Å². The Hall–Kier alpha value is -7.16. The van der Waals surface area contributed by atoms with Crippen molar-refractivity contribution in [1.82, 2.24) is 0 Å². The molecule has 2 heteroatoms. The first-order chi connectivity index (χ1) is 26.8. The molecule has 0 unspecified atom stereocenters. The monoisotopic (exact) mass is 689 g/mol. The second-order valence-corrected chi connectivity index (χ2v) is 13.7. The zero-order valence-electron chi connectivity index (χ0n) is 29.6. The van der Waals surface area contributed by atoms with Crippen molar-refractivity contribution in [2.75, 3.05) is 4.90 Å². The van der Waals surface area contributed by atoms with Crippen molar-refractivity contribution in [2.24, 2.45) is 0 Å². The van der Waals surface area contributed by atoms with Gasteiger partial charge in [-0.2, -0.15) is 0 Å². The first-order valence-corrected chi connectivity index (χ1v) is 18.4. The highest BCUT2D eigenvalue weighted by atomic mass is 16.5. The second kappa shape index (κ2) is 13.4. The summed E-state index contributed by atoms with van der Waals surface area (Å²) in [6, 6.07) is 75.8. The van der Waals surface area contributed by atoms with Crippen LogP contribution in [0.4, 0.5) is 17.1 Å². The van der Waals surface area contributed by atoms with Gasteiger partial charge >= 0.3 is 0 Å². The van der Waals surface area contributed by atoms with Gasteiger partial charge in [0.1, 0.15) is 11.5 Å². The first kappa shape index (κ1) is 31.6. The molecule has 54 heavy (non-hydrogen) atoms. The molecule has 1 aliphatic heterocycles. The fourth-order valence-electron chi connectivity index (χ4n) is 7.92. The molecular formula is C52H35NO. The molecule has 2 nitrogen and oxygen atoms in total. The van der Waals surface area contributed by atoms with Gasteiger partial charge in [0.2, 0.25) is 0 Å². The number of hydrogen-bond acceptors (Lipinski definition) is 2. The predicted octanol–water partition coefficient (Wildman–Crippen LogP) is 14.8. The summed E-state index contributed by atoms with van der Waals surface area (Å²) in [6.45, 7) is 0. The maximum absolute atomic E-state index is 6.41. The second-order valence-electron chi connectivity index (χ2n) is 13.7. The van der Waals surface area contributed by atoms with Crippen molar-refractivity contribution in [3.8, 4) is 67.1 Å². The zero-order valence-corrected chi connectivity index (χ0v) is 29.6. The average Bonchev–Trinajstić information content (AvgIpc) is 3.25. The minimum Gasteiger partial charge on any atom is -0.456 e. The van der Waals surface area contributed by atoms with Gasteiger partial charge in [-0.1, -0.05) is 158 Å². The van der Waals surface area contributed by atoms with Gasteiger partial charge in [-0.05, 0) is 110 Å². The van der Waals surface area contributed by atoms with Gasteiger partial charge in [0.05, 0.1) is 0 Å². The summed E-state index contributed by atoms with van der Waals surface area (Å²) in [5, 5.41) is 2.34. The number of anilines is 3. The summed E-state index contributed by atoms with van der Waals surface area (Å²) in [5.41, 5.74) is 15.2. The first-order valence-electron chi connectivity index (χ1n) is 18.4. The minimum absolute atomic E-state index is 0.899. The van der Waals surface area contributed by atoms with Gasteiger partial charge in [0, 0.05) is 28.0 Å². The van der Waals surface area contributed by atoms with Crippen molar-refractivity contribution in [3.63, 3.8) is 0 Å². The molecule has 10 rings (SSSR count). The Morgan fingerprint density at radius 2 is 0.852 bits per heavy atom. The summed E-state index contributed by atoms with van der Waals surface area (Å²) < 4.78 is 6.41. The Morgan fingerprint density at radius 1 is 0.278 bits per heavy atom. The van der Waals surface area contributed by atoms with E-state index in [-0.39, 0.29) is 0 Å². The van der Waals surface area contributed by atoms with E-state index in [2.05, 4.69) is 205 Å². The molecule has 1 heterocycles. The quantitative estimate of drug-likeness (QED) is 0.165. The largest absolute Gasteiger partial charge is 0.456 e. The molecule has 0 fully saturated rings. The molecular weight excluding hydrogens is 655 g/mol. The molecule has 0 saturated carbocycles. The van der Waals surface area contributed by atoms with Crippen LogP contribution in [0.1, 0.15) is 0 Å². The number of ether oxygens (including phenoxy) is 1. The normalized spacial score (nSPS) is 11.5. The van der Waals surface area contributed by atoms with Crippen LogP contribution in [0, 0.1) is 0 Å². The summed E-state index contributed by atoms with van der Waals surface area (Å²) in [6.07, 6.45) is 0. The lowest BCUT2D eigenvalue weighted by atomic mass is 9.90. The van der Waals surface area contributed by atoms with Crippen LogP contribution in [-0.4, -0.2) is 0 Å². The van der Waals surface area contributed by atoms with Crippen LogP contribution in [0.5, 0.6) is 11.5 Å². The van der Waals surface area contributed by atoms with E-state index >= 15 is 0 Å². The third-order valence-corrected chi connectivity index (χ3v) is 10.5. The molecule has 0 bridgehead atoms. The molecule has 0 radical (unpaired) electrons. The number of nitrogens with zero attached hydrogens (tertiary/aromatic N) is 1. The molecule has 0 atom stereocenters. The molecule has 254 valence electrons. The van der Waals surface area contributed by atoms with Crippen LogP contribution < -0.4 is 9.64 Å². The van der Waals surface area contributed by atoms with Crippen molar-refractivity contribution in [3.05, 3.63) is 212 Å². The zero-order chi connectivity index (χ0) is 35.8. The Kier molecular flexibility index (Phi) is 7.85. The molecule has 9 aromatic carbocycles. The van der Waals surface area contributed by atoms with Crippen LogP contribution in [-0.2, 0) is 0 Å². The van der Waals surface area contributed by atoms with Gasteiger partial charge < -0.3 is 9.64 Å². The Bertz CT molecular complexity index is 2770. The Morgan fingerprint density at radius 3 is 1.63 bits per heavy atom. The highest BCUT2D eigenvalue weighted by molar-refractivity contribution is 6.10. The van der Waals surface area contributed by atoms with E-state index in [0.29, 0.717) is 0 Å². The van der Waals surface area contributed by atoms with E-state index in [1.165, 1.54) is 49.9 Å². The number of benzene rings is 9. The van der Waals surface area contributed by atoms with Crippen LogP contribution >= 0.6 is 0 Å². The molecule has 0 aliphatic carbocycles. The predicted molar refractivity (Wildman–Crippen MR) is 226 cm³/mol. The molecule has 0 spiro atoms. The number of rotatable bonds is 7. The Labute approximate surface area is 315 Å². The summed E-state index contributed by atoms with van der Waals surface area (Å²) in [4.78, 5) is 2.34. The fraction of sp³-hybridized carbons (Fsp3) is 0. The maximum atomic E-state index is 6.41. The van der Waals surface area contributed by atoms with Gasteiger partial charge in [-0.25, -0.2) is 0 Å². The topological polar surface area (TPSA) is 12.5 Å². The Balaban J connectivity index is 1.04. The fourth-order valence-corrected chi connectivity index (χ4v) is 7.92. The van der Waals surface area contributed by atoms with Crippen molar-refractivity contribution < 1.29 is 4.74 Å². The summed E-state index contributed by atoms with van der Waals surface area (Å²) >= 11 is 0. The standard InChI is InChI=1S/C52H35NO/c1-4-14-37(15-5-1)44-31-28-39(35-49(44)38-16-6-2-7-17-38)36-26-29-42(30-27-36)53(41-19-8-3-9-20-41)43-21-12-18-40(34-43)45-32-33-51-52-47(45)23-13-24-48(52)46-22-10-11-25-50(46)54-51/h1-35H. The van der Waals surface area contributed by atoms with Crippen LogP contribution in [0.25, 0.3) is 66.4 Å². The molecule has 9 aromatic rings.